The standard InChI is InChI=1S/C13H18O2S/c1-13(2,12-8-10(14)9-15-12)16-11-6-4-3-5-7-11/h3-7,10,12,14H,8-9H2,1-2H3/t10-,12-/m1/s1. The summed E-state index contributed by atoms with van der Waals surface area (Å²) >= 11 is 1.81. The molecule has 1 aliphatic heterocycles. The molecule has 2 nitrogen and oxygen atoms in total. The van der Waals surface area contributed by atoms with Crippen LogP contribution in [-0.4, -0.2) is 28.7 Å². The van der Waals surface area contributed by atoms with E-state index in [1.165, 1.54) is 4.90 Å². The molecule has 1 heterocycles. The third-order valence-corrected chi connectivity index (χ3v) is 4.17. The highest BCUT2D eigenvalue weighted by molar-refractivity contribution is 8.00. The monoisotopic (exact) mass is 238 g/mol. The van der Waals surface area contributed by atoms with Crippen LogP contribution in [0.1, 0.15) is 20.3 Å². The van der Waals surface area contributed by atoms with Crippen molar-refractivity contribution in [3.8, 4) is 0 Å². The van der Waals surface area contributed by atoms with E-state index in [1.54, 1.807) is 0 Å². The summed E-state index contributed by atoms with van der Waals surface area (Å²) in [5.41, 5.74) is 0. The van der Waals surface area contributed by atoms with Crippen molar-refractivity contribution in [2.45, 2.75) is 42.1 Å². The van der Waals surface area contributed by atoms with E-state index in [4.69, 9.17) is 4.74 Å². The Morgan fingerprint density at radius 3 is 2.56 bits per heavy atom. The van der Waals surface area contributed by atoms with Crippen molar-refractivity contribution in [1.29, 1.82) is 0 Å². The predicted molar refractivity (Wildman–Crippen MR) is 66.7 cm³/mol. The average molecular weight is 238 g/mol. The summed E-state index contributed by atoms with van der Waals surface area (Å²) < 4.78 is 5.63. The average Bonchev–Trinajstić information content (AvgIpc) is 2.66. The zero-order chi connectivity index (χ0) is 11.6. The molecule has 0 saturated carbocycles. The molecule has 0 aliphatic carbocycles. The molecule has 0 aromatic heterocycles. The zero-order valence-electron chi connectivity index (χ0n) is 9.72. The van der Waals surface area contributed by atoms with Crippen LogP contribution in [0.4, 0.5) is 0 Å². The molecular weight excluding hydrogens is 220 g/mol. The fourth-order valence-electron chi connectivity index (χ4n) is 1.95. The Morgan fingerprint density at radius 2 is 2.00 bits per heavy atom. The van der Waals surface area contributed by atoms with Gasteiger partial charge in [0.25, 0.3) is 0 Å². The molecule has 1 saturated heterocycles. The molecule has 0 unspecified atom stereocenters. The van der Waals surface area contributed by atoms with Crippen molar-refractivity contribution >= 4 is 11.8 Å². The van der Waals surface area contributed by atoms with Gasteiger partial charge in [-0.3, -0.25) is 0 Å². The van der Waals surface area contributed by atoms with E-state index in [1.807, 2.05) is 30.0 Å². The van der Waals surface area contributed by atoms with Crippen LogP contribution in [0, 0.1) is 0 Å². The minimum absolute atomic E-state index is 0.00116. The van der Waals surface area contributed by atoms with E-state index in [0.717, 1.165) is 6.42 Å². The maximum absolute atomic E-state index is 9.49. The first-order valence-electron chi connectivity index (χ1n) is 5.61. The van der Waals surface area contributed by atoms with Crippen molar-refractivity contribution in [3.63, 3.8) is 0 Å². The highest BCUT2D eigenvalue weighted by atomic mass is 32.2. The van der Waals surface area contributed by atoms with Crippen LogP contribution in [0.15, 0.2) is 35.2 Å². The number of aliphatic hydroxyl groups excluding tert-OH is 1. The Labute approximate surface area is 101 Å². The smallest absolute Gasteiger partial charge is 0.0799 e. The summed E-state index contributed by atoms with van der Waals surface area (Å²) in [6, 6.07) is 10.3. The van der Waals surface area contributed by atoms with Crippen molar-refractivity contribution in [2.75, 3.05) is 6.61 Å². The van der Waals surface area contributed by atoms with Gasteiger partial charge in [-0.15, -0.1) is 11.8 Å². The number of ether oxygens (including phenoxy) is 1. The van der Waals surface area contributed by atoms with Crippen molar-refractivity contribution in [1.82, 2.24) is 0 Å². The first-order chi connectivity index (χ1) is 7.58. The molecule has 0 amide bonds. The second kappa shape index (κ2) is 4.78. The highest BCUT2D eigenvalue weighted by Gasteiger charge is 2.37. The Morgan fingerprint density at radius 1 is 1.31 bits per heavy atom. The topological polar surface area (TPSA) is 29.5 Å². The molecule has 1 aromatic carbocycles. The number of rotatable bonds is 3. The second-order valence-electron chi connectivity index (χ2n) is 4.73. The molecule has 2 rings (SSSR count). The molecule has 88 valence electrons. The lowest BCUT2D eigenvalue weighted by Crippen LogP contribution is -2.32. The van der Waals surface area contributed by atoms with Crippen LogP contribution in [0.3, 0.4) is 0 Å². The molecular formula is C13H18O2S. The number of hydrogen-bond acceptors (Lipinski definition) is 3. The van der Waals surface area contributed by atoms with Gasteiger partial charge < -0.3 is 9.84 Å². The summed E-state index contributed by atoms with van der Waals surface area (Å²) in [5, 5.41) is 9.49. The lowest BCUT2D eigenvalue weighted by atomic mass is 10.0. The summed E-state index contributed by atoms with van der Waals surface area (Å²) in [6.07, 6.45) is 0.584. The van der Waals surface area contributed by atoms with Gasteiger partial charge in [-0.25, -0.2) is 0 Å². The minimum Gasteiger partial charge on any atom is -0.391 e. The zero-order valence-corrected chi connectivity index (χ0v) is 10.5. The third-order valence-electron chi connectivity index (χ3n) is 2.88. The van der Waals surface area contributed by atoms with E-state index in [-0.39, 0.29) is 17.0 Å². The van der Waals surface area contributed by atoms with Gasteiger partial charge >= 0.3 is 0 Å². The molecule has 1 aliphatic rings. The summed E-state index contributed by atoms with van der Waals surface area (Å²) in [5.74, 6) is 0. The van der Waals surface area contributed by atoms with Crippen LogP contribution in [0.25, 0.3) is 0 Å². The number of thioether (sulfide) groups is 1. The molecule has 2 atom stereocenters. The first kappa shape index (κ1) is 12.0. The number of aliphatic hydroxyl groups is 1. The minimum atomic E-state index is -0.291. The molecule has 3 heteroatoms. The Bertz CT molecular complexity index is 337. The molecule has 1 aromatic rings. The second-order valence-corrected chi connectivity index (χ2v) is 6.46. The summed E-state index contributed by atoms with van der Waals surface area (Å²) in [7, 11) is 0. The quantitative estimate of drug-likeness (QED) is 0.821. The third kappa shape index (κ3) is 2.78. The van der Waals surface area contributed by atoms with Crippen molar-refractivity contribution < 1.29 is 9.84 Å². The van der Waals surface area contributed by atoms with E-state index >= 15 is 0 Å². The molecule has 0 spiro atoms. The molecule has 0 bridgehead atoms. The van der Waals surface area contributed by atoms with Gasteiger partial charge in [0.05, 0.1) is 18.8 Å². The summed E-state index contributed by atoms with van der Waals surface area (Å²) in [6.45, 7) is 4.82. The van der Waals surface area contributed by atoms with E-state index < -0.39 is 0 Å². The van der Waals surface area contributed by atoms with Gasteiger partial charge in [0.1, 0.15) is 0 Å². The van der Waals surface area contributed by atoms with Crippen molar-refractivity contribution in [3.05, 3.63) is 30.3 Å². The lowest BCUT2D eigenvalue weighted by molar-refractivity contribution is 0.0734. The molecule has 1 fully saturated rings. The van der Waals surface area contributed by atoms with Gasteiger partial charge in [0, 0.05) is 16.1 Å². The van der Waals surface area contributed by atoms with Gasteiger partial charge in [-0.05, 0) is 26.0 Å². The van der Waals surface area contributed by atoms with Gasteiger partial charge in [-0.2, -0.15) is 0 Å². The van der Waals surface area contributed by atoms with Crippen LogP contribution in [0.2, 0.25) is 0 Å². The number of hydrogen-bond donors (Lipinski definition) is 1. The highest BCUT2D eigenvalue weighted by Crippen LogP contribution is 2.39. The first-order valence-corrected chi connectivity index (χ1v) is 6.43. The SMILES string of the molecule is CC(C)(Sc1ccccc1)[C@H]1C[C@@H](O)CO1. The van der Waals surface area contributed by atoms with Crippen LogP contribution in [-0.2, 0) is 4.74 Å². The fourth-order valence-corrected chi connectivity index (χ4v) is 3.15. The number of benzene rings is 1. The maximum atomic E-state index is 9.49. The van der Waals surface area contributed by atoms with Crippen LogP contribution < -0.4 is 0 Å². The fraction of sp³-hybridized carbons (Fsp3) is 0.538. The van der Waals surface area contributed by atoms with Gasteiger partial charge in [0.2, 0.25) is 0 Å². The van der Waals surface area contributed by atoms with E-state index in [9.17, 15) is 5.11 Å². The Hall–Kier alpha value is -0.510. The van der Waals surface area contributed by atoms with Crippen LogP contribution >= 0.6 is 11.8 Å². The molecule has 0 radical (unpaired) electrons. The van der Waals surface area contributed by atoms with Gasteiger partial charge in [-0.1, -0.05) is 18.2 Å². The predicted octanol–water partition coefficient (Wildman–Crippen LogP) is 2.71. The summed E-state index contributed by atoms with van der Waals surface area (Å²) in [4.78, 5) is 1.25. The Balaban J connectivity index is 2.02. The maximum Gasteiger partial charge on any atom is 0.0799 e. The van der Waals surface area contributed by atoms with E-state index in [2.05, 4.69) is 26.0 Å². The van der Waals surface area contributed by atoms with E-state index in [0.29, 0.717) is 6.61 Å². The lowest BCUT2D eigenvalue weighted by Gasteiger charge is -2.30. The Kier molecular flexibility index (Phi) is 3.57. The van der Waals surface area contributed by atoms with Crippen LogP contribution in [0.5, 0.6) is 0 Å². The van der Waals surface area contributed by atoms with Crippen molar-refractivity contribution in [2.24, 2.45) is 0 Å². The molecule has 16 heavy (non-hydrogen) atoms. The largest absolute Gasteiger partial charge is 0.391 e. The normalized spacial score (nSPS) is 25.9. The molecule has 1 N–H and O–H groups in total. The van der Waals surface area contributed by atoms with Gasteiger partial charge in [0.15, 0.2) is 0 Å².